The Morgan fingerprint density at radius 1 is 1.27 bits per heavy atom. The molecular formula is C10H10O4S. The van der Waals surface area contributed by atoms with Crippen molar-refractivity contribution in [3.63, 3.8) is 0 Å². The van der Waals surface area contributed by atoms with E-state index in [4.69, 9.17) is 5.11 Å². The molecule has 5 heteroatoms. The van der Waals surface area contributed by atoms with Crippen molar-refractivity contribution in [1.29, 1.82) is 0 Å². The third-order valence-corrected chi connectivity index (χ3v) is 2.80. The molecule has 1 N–H and O–H groups in total. The molecule has 0 aliphatic rings. The summed E-state index contributed by atoms with van der Waals surface area (Å²) >= 11 is 0. The van der Waals surface area contributed by atoms with Gasteiger partial charge < -0.3 is 5.11 Å². The molecule has 0 saturated carbocycles. The Morgan fingerprint density at radius 3 is 2.20 bits per heavy atom. The average Bonchev–Trinajstić information content (AvgIpc) is 2.13. The van der Waals surface area contributed by atoms with E-state index in [1.54, 1.807) is 30.3 Å². The number of aliphatic carboxylic acids is 1. The Bertz CT molecular complexity index is 485. The van der Waals surface area contributed by atoms with E-state index in [0.29, 0.717) is 5.56 Å². The molecule has 0 saturated heterocycles. The summed E-state index contributed by atoms with van der Waals surface area (Å²) in [6.07, 6.45) is 2.01. The normalized spacial score (nSPS) is 12.5. The number of benzene rings is 1. The molecular weight excluding hydrogens is 216 g/mol. The fourth-order valence-corrected chi connectivity index (χ4v) is 1.70. The van der Waals surface area contributed by atoms with Crippen molar-refractivity contribution in [1.82, 2.24) is 0 Å². The standard InChI is InChI=1S/C10H10O4S/c1-15(13,14)9(10(11)12)7-8-5-3-2-4-6-8/h2-7H,1H3,(H,11,12)/b9-7+. The fourth-order valence-electron chi connectivity index (χ4n) is 1.03. The van der Waals surface area contributed by atoms with Gasteiger partial charge in [-0.3, -0.25) is 0 Å². The Kier molecular flexibility index (Phi) is 3.26. The molecule has 15 heavy (non-hydrogen) atoms. The second-order valence-corrected chi connectivity index (χ2v) is 4.98. The first-order chi connectivity index (χ1) is 6.91. The number of sulfone groups is 1. The predicted octanol–water partition coefficient (Wildman–Crippen LogP) is 1.16. The summed E-state index contributed by atoms with van der Waals surface area (Å²) < 4.78 is 22.3. The van der Waals surface area contributed by atoms with Crippen LogP contribution in [0.2, 0.25) is 0 Å². The maximum Gasteiger partial charge on any atom is 0.347 e. The van der Waals surface area contributed by atoms with Crippen LogP contribution in [-0.2, 0) is 14.6 Å². The molecule has 0 fully saturated rings. The van der Waals surface area contributed by atoms with Crippen LogP contribution >= 0.6 is 0 Å². The van der Waals surface area contributed by atoms with Gasteiger partial charge in [0.1, 0.15) is 0 Å². The SMILES string of the molecule is CS(=O)(=O)/C(=C/c1ccccc1)C(=O)O. The van der Waals surface area contributed by atoms with Crippen LogP contribution in [0.1, 0.15) is 5.56 Å². The zero-order valence-corrected chi connectivity index (χ0v) is 8.86. The van der Waals surface area contributed by atoms with E-state index in [2.05, 4.69) is 0 Å². The van der Waals surface area contributed by atoms with Gasteiger partial charge in [0.05, 0.1) is 0 Å². The van der Waals surface area contributed by atoms with Gasteiger partial charge in [0.15, 0.2) is 14.7 Å². The van der Waals surface area contributed by atoms with Crippen molar-refractivity contribution in [3.8, 4) is 0 Å². The Labute approximate surface area is 87.8 Å². The third kappa shape index (κ3) is 3.21. The molecule has 0 aliphatic carbocycles. The highest BCUT2D eigenvalue weighted by Gasteiger charge is 2.18. The highest BCUT2D eigenvalue weighted by Crippen LogP contribution is 2.11. The second-order valence-electron chi connectivity index (χ2n) is 3.00. The molecule has 1 rings (SSSR count). The van der Waals surface area contributed by atoms with Crippen LogP contribution < -0.4 is 0 Å². The first kappa shape index (κ1) is 11.5. The van der Waals surface area contributed by atoms with Crippen molar-refractivity contribution >= 4 is 21.9 Å². The van der Waals surface area contributed by atoms with Crippen LogP contribution in [0.25, 0.3) is 6.08 Å². The molecule has 0 amide bonds. The highest BCUT2D eigenvalue weighted by molar-refractivity contribution is 7.95. The number of rotatable bonds is 3. The largest absolute Gasteiger partial charge is 0.477 e. The molecule has 0 spiro atoms. The number of carboxylic acids is 1. The van der Waals surface area contributed by atoms with Gasteiger partial charge in [-0.1, -0.05) is 30.3 Å². The average molecular weight is 226 g/mol. The maximum absolute atomic E-state index is 11.1. The third-order valence-electron chi connectivity index (χ3n) is 1.71. The maximum atomic E-state index is 11.1. The Hall–Kier alpha value is -1.62. The van der Waals surface area contributed by atoms with Gasteiger partial charge in [-0.15, -0.1) is 0 Å². The van der Waals surface area contributed by atoms with E-state index in [9.17, 15) is 13.2 Å². The Balaban J connectivity index is 3.24. The fraction of sp³-hybridized carbons (Fsp3) is 0.100. The molecule has 0 aromatic heterocycles. The summed E-state index contributed by atoms with van der Waals surface area (Å²) in [6, 6.07) is 8.43. The second kappa shape index (κ2) is 4.27. The van der Waals surface area contributed by atoms with Crippen molar-refractivity contribution in [2.45, 2.75) is 0 Å². The van der Waals surface area contributed by atoms with Crippen molar-refractivity contribution in [3.05, 3.63) is 40.8 Å². The van der Waals surface area contributed by atoms with Gasteiger partial charge in [0.2, 0.25) is 0 Å². The van der Waals surface area contributed by atoms with Crippen LogP contribution in [0.4, 0.5) is 0 Å². The molecule has 0 aliphatic heterocycles. The molecule has 0 atom stereocenters. The lowest BCUT2D eigenvalue weighted by Crippen LogP contribution is -2.10. The molecule has 1 aromatic carbocycles. The monoisotopic (exact) mass is 226 g/mol. The molecule has 4 nitrogen and oxygen atoms in total. The van der Waals surface area contributed by atoms with Crippen LogP contribution in [-0.4, -0.2) is 25.7 Å². The van der Waals surface area contributed by atoms with Gasteiger partial charge in [-0.05, 0) is 11.6 Å². The lowest BCUT2D eigenvalue weighted by molar-refractivity contribution is -0.131. The summed E-state index contributed by atoms with van der Waals surface area (Å²) in [4.78, 5) is 10.1. The van der Waals surface area contributed by atoms with Crippen LogP contribution in [0.5, 0.6) is 0 Å². The zero-order valence-electron chi connectivity index (χ0n) is 8.04. The predicted molar refractivity (Wildman–Crippen MR) is 56.9 cm³/mol. The summed E-state index contributed by atoms with van der Waals surface area (Å²) in [5.74, 6) is -1.44. The van der Waals surface area contributed by atoms with E-state index in [1.807, 2.05) is 0 Å². The summed E-state index contributed by atoms with van der Waals surface area (Å²) in [6.45, 7) is 0. The number of hydrogen-bond acceptors (Lipinski definition) is 3. The van der Waals surface area contributed by atoms with Gasteiger partial charge in [-0.2, -0.15) is 0 Å². The molecule has 0 bridgehead atoms. The minimum Gasteiger partial charge on any atom is -0.477 e. The van der Waals surface area contributed by atoms with E-state index in [0.717, 1.165) is 12.3 Å². The summed E-state index contributed by atoms with van der Waals surface area (Å²) in [5, 5.41) is 8.72. The molecule has 0 heterocycles. The van der Waals surface area contributed by atoms with Crippen LogP contribution in [0, 0.1) is 0 Å². The van der Waals surface area contributed by atoms with Crippen molar-refractivity contribution in [2.24, 2.45) is 0 Å². The zero-order chi connectivity index (χ0) is 11.5. The minimum atomic E-state index is -3.70. The minimum absolute atomic E-state index is 0.542. The number of hydrogen-bond donors (Lipinski definition) is 1. The lowest BCUT2D eigenvalue weighted by atomic mass is 10.2. The molecule has 0 unspecified atom stereocenters. The van der Waals surface area contributed by atoms with Crippen LogP contribution in [0.15, 0.2) is 35.2 Å². The van der Waals surface area contributed by atoms with Crippen LogP contribution in [0.3, 0.4) is 0 Å². The topological polar surface area (TPSA) is 71.4 Å². The van der Waals surface area contributed by atoms with E-state index < -0.39 is 20.7 Å². The highest BCUT2D eigenvalue weighted by atomic mass is 32.2. The van der Waals surface area contributed by atoms with Gasteiger partial charge >= 0.3 is 5.97 Å². The van der Waals surface area contributed by atoms with E-state index >= 15 is 0 Å². The van der Waals surface area contributed by atoms with Gasteiger partial charge in [0, 0.05) is 6.26 Å². The molecule has 1 aromatic rings. The smallest absolute Gasteiger partial charge is 0.347 e. The van der Waals surface area contributed by atoms with E-state index in [-0.39, 0.29) is 0 Å². The van der Waals surface area contributed by atoms with E-state index in [1.165, 1.54) is 0 Å². The van der Waals surface area contributed by atoms with Gasteiger partial charge in [-0.25, -0.2) is 13.2 Å². The summed E-state index contributed by atoms with van der Waals surface area (Å²) in [7, 11) is -3.70. The first-order valence-corrected chi connectivity index (χ1v) is 6.00. The summed E-state index contributed by atoms with van der Waals surface area (Å²) in [5.41, 5.74) is 0.542. The lowest BCUT2D eigenvalue weighted by Gasteiger charge is -1.99. The Morgan fingerprint density at radius 2 is 1.80 bits per heavy atom. The number of carbonyl (C=O) groups is 1. The molecule has 80 valence electrons. The van der Waals surface area contributed by atoms with Gasteiger partial charge in [0.25, 0.3) is 0 Å². The molecule has 0 radical (unpaired) electrons. The number of carboxylic acid groups (broad SMARTS) is 1. The van der Waals surface area contributed by atoms with Crippen molar-refractivity contribution in [2.75, 3.05) is 6.26 Å². The van der Waals surface area contributed by atoms with Crippen molar-refractivity contribution < 1.29 is 18.3 Å². The quantitative estimate of drug-likeness (QED) is 0.785. The first-order valence-electron chi connectivity index (χ1n) is 4.11.